The molecule has 23 heavy (non-hydrogen) atoms. The van der Waals surface area contributed by atoms with Crippen LogP contribution in [0, 0.1) is 0 Å². The third-order valence-electron chi connectivity index (χ3n) is 4.37. The van der Waals surface area contributed by atoms with Crippen molar-refractivity contribution in [2.45, 2.75) is 6.42 Å². The number of Topliss-reactive ketones (excluding diaryl/α,β-unsaturated/α-hetero) is 1. The van der Waals surface area contributed by atoms with Crippen molar-refractivity contribution in [3.63, 3.8) is 0 Å². The monoisotopic (exact) mass is 300 g/mol. The molecule has 4 rings (SSSR count). The van der Waals surface area contributed by atoms with Crippen LogP contribution in [0.2, 0.25) is 0 Å². The molecule has 0 radical (unpaired) electrons. The van der Waals surface area contributed by atoms with Gasteiger partial charge in [0.15, 0.2) is 0 Å². The van der Waals surface area contributed by atoms with E-state index in [9.17, 15) is 4.79 Å². The minimum absolute atomic E-state index is 0.0943. The van der Waals surface area contributed by atoms with Crippen molar-refractivity contribution >= 4 is 22.6 Å². The third kappa shape index (κ3) is 2.09. The summed E-state index contributed by atoms with van der Waals surface area (Å²) in [4.78, 5) is 12.6. The maximum atomic E-state index is 12.6. The summed E-state index contributed by atoms with van der Waals surface area (Å²) in [6, 6.07) is 15.9. The van der Waals surface area contributed by atoms with Crippen LogP contribution in [0.1, 0.15) is 16.7 Å². The molecule has 112 valence electrons. The molecule has 2 aromatic rings. The Labute approximate surface area is 134 Å². The fourth-order valence-corrected chi connectivity index (χ4v) is 3.29. The molecule has 0 saturated carbocycles. The maximum Gasteiger partial charge on any atom is 0.209 e. The number of hydrogen-bond acceptors (Lipinski definition) is 3. The van der Waals surface area contributed by atoms with Crippen LogP contribution in [0.3, 0.4) is 0 Å². The minimum atomic E-state index is -0.0943. The van der Waals surface area contributed by atoms with Crippen LogP contribution in [0.5, 0.6) is 0 Å². The number of hydrogen-bond donors (Lipinski definition) is 2. The molecule has 0 spiro atoms. The lowest BCUT2D eigenvalue weighted by molar-refractivity contribution is -0.111. The molecule has 0 heterocycles. The average molecular weight is 300 g/mol. The Bertz CT molecular complexity index is 918. The summed E-state index contributed by atoms with van der Waals surface area (Å²) in [6.45, 7) is 0. The van der Waals surface area contributed by atoms with E-state index in [1.165, 1.54) is 0 Å². The zero-order chi connectivity index (χ0) is 16.0. The zero-order valence-electron chi connectivity index (χ0n) is 12.5. The lowest BCUT2D eigenvalue weighted by Crippen LogP contribution is -2.17. The maximum absolute atomic E-state index is 12.6. The van der Waals surface area contributed by atoms with Gasteiger partial charge in [-0.05, 0) is 52.5 Å². The fourth-order valence-electron chi connectivity index (χ4n) is 3.29. The number of nitrogen functional groups attached to an aromatic ring is 1. The van der Waals surface area contributed by atoms with E-state index < -0.39 is 0 Å². The van der Waals surface area contributed by atoms with Gasteiger partial charge >= 0.3 is 0 Å². The summed E-state index contributed by atoms with van der Waals surface area (Å²) in [5.74, 6) is -0.0943. The van der Waals surface area contributed by atoms with Gasteiger partial charge in [0, 0.05) is 11.3 Å². The molecule has 0 saturated heterocycles. The van der Waals surface area contributed by atoms with Crippen molar-refractivity contribution in [2.75, 3.05) is 5.73 Å². The first-order valence-electron chi connectivity index (χ1n) is 7.55. The van der Waals surface area contributed by atoms with Crippen molar-refractivity contribution in [3.05, 3.63) is 88.6 Å². The summed E-state index contributed by atoms with van der Waals surface area (Å²) in [7, 11) is 0. The molecule has 0 amide bonds. The molecule has 0 aromatic heterocycles. The number of fused-ring (bicyclic) bond motifs is 3. The topological polar surface area (TPSA) is 69.1 Å². The Morgan fingerprint density at radius 2 is 1.65 bits per heavy atom. The third-order valence-corrected chi connectivity index (χ3v) is 4.37. The first-order valence-corrected chi connectivity index (χ1v) is 7.55. The van der Waals surface area contributed by atoms with Gasteiger partial charge in [-0.3, -0.25) is 4.79 Å². The van der Waals surface area contributed by atoms with Crippen molar-refractivity contribution in [2.24, 2.45) is 5.73 Å². The number of nitrogens with two attached hydrogens (primary N) is 2. The normalized spacial score (nSPS) is 15.9. The molecule has 0 bridgehead atoms. The van der Waals surface area contributed by atoms with E-state index in [4.69, 9.17) is 11.5 Å². The molecule has 2 aromatic carbocycles. The Balaban J connectivity index is 1.93. The van der Waals surface area contributed by atoms with Gasteiger partial charge in [-0.1, -0.05) is 42.5 Å². The lowest BCUT2D eigenvalue weighted by Gasteiger charge is -2.12. The number of rotatable bonds is 2. The van der Waals surface area contributed by atoms with E-state index in [0.717, 1.165) is 33.4 Å². The van der Waals surface area contributed by atoms with Gasteiger partial charge in [0.2, 0.25) is 5.78 Å². The van der Waals surface area contributed by atoms with Crippen LogP contribution < -0.4 is 11.5 Å². The van der Waals surface area contributed by atoms with E-state index in [1.54, 1.807) is 6.08 Å². The number of benzene rings is 2. The first-order chi connectivity index (χ1) is 11.1. The molecule has 3 nitrogen and oxygen atoms in total. The van der Waals surface area contributed by atoms with Gasteiger partial charge in [-0.15, -0.1) is 0 Å². The quantitative estimate of drug-likeness (QED) is 0.837. The number of ketones is 1. The Morgan fingerprint density at radius 3 is 2.43 bits per heavy atom. The predicted molar refractivity (Wildman–Crippen MR) is 93.2 cm³/mol. The van der Waals surface area contributed by atoms with E-state index in [-0.39, 0.29) is 11.5 Å². The summed E-state index contributed by atoms with van der Waals surface area (Å²) >= 11 is 0. The molecule has 4 N–H and O–H groups in total. The summed E-state index contributed by atoms with van der Waals surface area (Å²) in [6.07, 6.45) is 4.30. The van der Waals surface area contributed by atoms with Crippen molar-refractivity contribution in [3.8, 4) is 0 Å². The van der Waals surface area contributed by atoms with Gasteiger partial charge in [-0.2, -0.15) is 0 Å². The molecular formula is C20H16N2O. The highest BCUT2D eigenvalue weighted by Gasteiger charge is 2.33. The number of allylic oxidation sites excluding steroid dienone is 5. The van der Waals surface area contributed by atoms with E-state index in [1.807, 2.05) is 42.5 Å². The van der Waals surface area contributed by atoms with E-state index in [0.29, 0.717) is 12.1 Å². The molecule has 3 heteroatoms. The summed E-state index contributed by atoms with van der Waals surface area (Å²) in [5.41, 5.74) is 18.7. The second-order valence-corrected chi connectivity index (χ2v) is 5.85. The van der Waals surface area contributed by atoms with Gasteiger partial charge in [-0.25, -0.2) is 0 Å². The largest absolute Gasteiger partial charge is 0.399 e. The Kier molecular flexibility index (Phi) is 2.95. The van der Waals surface area contributed by atoms with Crippen LogP contribution in [0.15, 0.2) is 72.0 Å². The van der Waals surface area contributed by atoms with Gasteiger partial charge in [0.05, 0.1) is 5.70 Å². The van der Waals surface area contributed by atoms with Gasteiger partial charge < -0.3 is 11.5 Å². The number of anilines is 1. The summed E-state index contributed by atoms with van der Waals surface area (Å²) in [5, 5.41) is 0. The predicted octanol–water partition coefficient (Wildman–Crippen LogP) is 3.09. The van der Waals surface area contributed by atoms with Gasteiger partial charge in [0.25, 0.3) is 0 Å². The van der Waals surface area contributed by atoms with E-state index in [2.05, 4.69) is 12.1 Å². The molecule has 0 unspecified atom stereocenters. The smallest absolute Gasteiger partial charge is 0.209 e. The summed E-state index contributed by atoms with van der Waals surface area (Å²) < 4.78 is 0. The average Bonchev–Trinajstić information content (AvgIpc) is 2.86. The van der Waals surface area contributed by atoms with Crippen molar-refractivity contribution in [1.29, 1.82) is 0 Å². The van der Waals surface area contributed by atoms with Crippen LogP contribution in [-0.4, -0.2) is 5.78 Å². The highest BCUT2D eigenvalue weighted by atomic mass is 16.1. The molecule has 0 fully saturated rings. The second-order valence-electron chi connectivity index (χ2n) is 5.85. The lowest BCUT2D eigenvalue weighted by atomic mass is 9.92. The van der Waals surface area contributed by atoms with Crippen LogP contribution in [-0.2, 0) is 11.2 Å². The standard InChI is InChI=1S/C20H16N2O/c21-13-6-7-14-15-8-9-18(22)20(23)19(15)17(16(14)11-13)10-12-4-2-1-3-5-12/h1-9,11H,10,21-22H2. The minimum Gasteiger partial charge on any atom is -0.399 e. The molecular weight excluding hydrogens is 284 g/mol. The first kappa shape index (κ1) is 13.6. The molecule has 2 aliphatic carbocycles. The van der Waals surface area contributed by atoms with Crippen molar-refractivity contribution < 1.29 is 4.79 Å². The van der Waals surface area contributed by atoms with Crippen LogP contribution >= 0.6 is 0 Å². The second kappa shape index (κ2) is 4.99. The molecule has 0 aliphatic heterocycles. The SMILES string of the molecule is NC1=CC=C2C(=C(Cc3ccccc3)c3cc(N)ccc32)C1=O. The zero-order valence-corrected chi connectivity index (χ0v) is 12.5. The Hall–Kier alpha value is -3.07. The van der Waals surface area contributed by atoms with Crippen molar-refractivity contribution in [1.82, 2.24) is 0 Å². The number of carbonyl (C=O) groups is 1. The van der Waals surface area contributed by atoms with E-state index >= 15 is 0 Å². The van der Waals surface area contributed by atoms with Crippen LogP contribution in [0.25, 0.3) is 11.1 Å². The fraction of sp³-hybridized carbons (Fsp3) is 0.0500. The molecule has 2 aliphatic rings. The molecule has 0 atom stereocenters. The number of carbonyl (C=O) groups excluding carboxylic acids is 1. The van der Waals surface area contributed by atoms with Gasteiger partial charge in [0.1, 0.15) is 0 Å². The van der Waals surface area contributed by atoms with Crippen LogP contribution in [0.4, 0.5) is 5.69 Å². The highest BCUT2D eigenvalue weighted by Crippen LogP contribution is 2.45. The Morgan fingerprint density at radius 1 is 0.870 bits per heavy atom. The highest BCUT2D eigenvalue weighted by molar-refractivity contribution is 6.27.